The number of hydroxylamine groups is 2. The quantitative estimate of drug-likeness (QED) is 0.656. The molecular formula is C13H16N2O6. The van der Waals surface area contributed by atoms with Gasteiger partial charge in [-0.25, -0.2) is 4.79 Å². The van der Waals surface area contributed by atoms with Crippen LogP contribution in [0.1, 0.15) is 34.5 Å². The average molecular weight is 297 g/mol. The largest absolute Gasteiger partial charge is 0.352 e. The monoisotopic (exact) mass is 297 g/mol. The highest BCUT2D eigenvalue weighted by atomic mass is 16.7. The summed E-state index contributed by atoms with van der Waals surface area (Å²) in [4.78, 5) is 63.8. The molecule has 0 spiro atoms. The van der Waals surface area contributed by atoms with Gasteiger partial charge in [-0.3, -0.25) is 24.1 Å². The highest BCUT2D eigenvalue weighted by Crippen LogP contribution is 2.26. The number of amides is 4. The molecule has 21 heavy (non-hydrogen) atoms. The Morgan fingerprint density at radius 3 is 2.43 bits per heavy atom. The zero-order chi connectivity index (χ0) is 16.6. The summed E-state index contributed by atoms with van der Waals surface area (Å²) in [5.74, 6) is -4.26. The van der Waals surface area contributed by atoms with Crippen molar-refractivity contribution >= 4 is 29.6 Å². The zero-order valence-electron chi connectivity index (χ0n) is 12.7. The van der Waals surface area contributed by atoms with Gasteiger partial charge in [0.05, 0.1) is 0 Å². The van der Waals surface area contributed by atoms with Crippen molar-refractivity contribution < 1.29 is 30.2 Å². The number of carbonyl (C=O) groups is 5. The summed E-state index contributed by atoms with van der Waals surface area (Å²) in [7, 11) is 0. The van der Waals surface area contributed by atoms with Crippen LogP contribution in [-0.4, -0.2) is 46.1 Å². The molecule has 0 radical (unpaired) electrons. The lowest BCUT2D eigenvalue weighted by Crippen LogP contribution is -2.40. The number of carbonyl (C=O) groups excluding carboxylic acids is 5. The van der Waals surface area contributed by atoms with Crippen molar-refractivity contribution in [2.45, 2.75) is 33.1 Å². The molecule has 0 aromatic rings. The lowest BCUT2D eigenvalue weighted by molar-refractivity contribution is -0.198. The highest BCUT2D eigenvalue weighted by Gasteiger charge is 2.42. The Bertz CT molecular complexity index is 561. The van der Waals surface area contributed by atoms with Crippen molar-refractivity contribution in [3.63, 3.8) is 0 Å². The van der Waals surface area contributed by atoms with Crippen molar-refractivity contribution in [1.29, 1.82) is 0 Å². The molecule has 0 aromatic heterocycles. The lowest BCUT2D eigenvalue weighted by Gasteiger charge is -2.17. The van der Waals surface area contributed by atoms with Gasteiger partial charge >= 0.3 is 5.97 Å². The SMILES string of the molecule is [2H]C1CC(=O)N(OC(=O)CN2C(=O)CC(C(C)C)C2=O)C1=O. The zero-order valence-corrected chi connectivity index (χ0v) is 11.7. The third kappa shape index (κ3) is 2.93. The van der Waals surface area contributed by atoms with Gasteiger partial charge in [-0.1, -0.05) is 13.8 Å². The van der Waals surface area contributed by atoms with Gasteiger partial charge in [-0.15, -0.1) is 5.06 Å². The topological polar surface area (TPSA) is 101 Å². The maximum Gasteiger partial charge on any atom is 0.352 e. The van der Waals surface area contributed by atoms with Crippen LogP contribution >= 0.6 is 0 Å². The van der Waals surface area contributed by atoms with Crippen LogP contribution in [0.5, 0.6) is 0 Å². The number of imide groups is 2. The lowest BCUT2D eigenvalue weighted by atomic mass is 9.94. The second kappa shape index (κ2) is 5.63. The van der Waals surface area contributed by atoms with Crippen molar-refractivity contribution in [3.05, 3.63) is 0 Å². The van der Waals surface area contributed by atoms with Crippen LogP contribution in [0.4, 0.5) is 0 Å². The molecule has 8 nitrogen and oxygen atoms in total. The molecule has 4 amide bonds. The first kappa shape index (κ1) is 13.7. The standard InChI is InChI=1S/C13H16N2O6/c1-7(2)8-5-11(18)14(13(8)20)6-12(19)21-15-9(16)3-4-10(15)17/h7-8H,3-6H2,1-2H3/i3D. The summed E-state index contributed by atoms with van der Waals surface area (Å²) in [6.07, 6.45) is -1.62. The van der Waals surface area contributed by atoms with Gasteiger partial charge in [0.1, 0.15) is 6.54 Å². The maximum atomic E-state index is 12.0. The Morgan fingerprint density at radius 2 is 1.95 bits per heavy atom. The molecule has 114 valence electrons. The molecule has 0 saturated carbocycles. The number of nitrogens with zero attached hydrogens (tertiary/aromatic N) is 2. The second-order valence-corrected chi connectivity index (χ2v) is 5.27. The maximum absolute atomic E-state index is 12.0. The minimum Gasteiger partial charge on any atom is -0.328 e. The van der Waals surface area contributed by atoms with Crippen LogP contribution < -0.4 is 0 Å². The van der Waals surface area contributed by atoms with Crippen molar-refractivity contribution in [2.75, 3.05) is 6.54 Å². The highest BCUT2D eigenvalue weighted by molar-refractivity contribution is 6.06. The van der Waals surface area contributed by atoms with E-state index in [1.54, 1.807) is 13.8 Å². The Morgan fingerprint density at radius 1 is 1.29 bits per heavy atom. The Hall–Kier alpha value is -2.25. The fraction of sp³-hybridized carbons (Fsp3) is 0.615. The molecule has 0 bridgehead atoms. The van der Waals surface area contributed by atoms with E-state index in [0.717, 1.165) is 4.90 Å². The second-order valence-electron chi connectivity index (χ2n) is 5.27. The van der Waals surface area contributed by atoms with Crippen LogP contribution in [0, 0.1) is 11.8 Å². The molecule has 2 atom stereocenters. The minimum atomic E-state index is -1.29. The van der Waals surface area contributed by atoms with Crippen LogP contribution in [0.15, 0.2) is 0 Å². The number of hydrogen-bond donors (Lipinski definition) is 0. The number of rotatable bonds is 4. The molecule has 2 unspecified atom stereocenters. The number of likely N-dealkylation sites (tertiary alicyclic amines) is 1. The average Bonchev–Trinajstić information content (AvgIpc) is 2.83. The fourth-order valence-corrected chi connectivity index (χ4v) is 2.21. The molecule has 2 aliphatic heterocycles. The molecule has 2 fully saturated rings. The number of hydrogen-bond acceptors (Lipinski definition) is 6. The molecule has 8 heteroatoms. The summed E-state index contributed by atoms with van der Waals surface area (Å²) in [6, 6.07) is 0. The van der Waals surface area contributed by atoms with Crippen LogP contribution in [0.25, 0.3) is 0 Å². The molecule has 2 saturated heterocycles. The normalized spacial score (nSPS) is 26.9. The molecule has 0 aliphatic carbocycles. The van der Waals surface area contributed by atoms with E-state index in [1.165, 1.54) is 0 Å². The molecule has 2 heterocycles. The fourth-order valence-electron chi connectivity index (χ4n) is 2.21. The Balaban J connectivity index is 1.98. The van der Waals surface area contributed by atoms with E-state index in [9.17, 15) is 24.0 Å². The summed E-state index contributed by atoms with van der Waals surface area (Å²) < 4.78 is 7.28. The predicted octanol–water partition coefficient (Wildman–Crippen LogP) is -0.375. The van der Waals surface area contributed by atoms with Gasteiger partial charge in [0.2, 0.25) is 11.8 Å². The van der Waals surface area contributed by atoms with E-state index in [0.29, 0.717) is 0 Å². The smallest absolute Gasteiger partial charge is 0.328 e. The van der Waals surface area contributed by atoms with Gasteiger partial charge < -0.3 is 4.84 Å². The van der Waals surface area contributed by atoms with Crippen molar-refractivity contribution in [1.82, 2.24) is 9.96 Å². The molecule has 2 rings (SSSR count). The van der Waals surface area contributed by atoms with Gasteiger partial charge in [0.15, 0.2) is 0 Å². The van der Waals surface area contributed by atoms with Gasteiger partial charge in [0, 0.05) is 26.5 Å². The van der Waals surface area contributed by atoms with Crippen LogP contribution in [0.3, 0.4) is 0 Å². The minimum absolute atomic E-state index is 0.0279. The third-order valence-electron chi connectivity index (χ3n) is 3.44. The Kier molecular flexibility index (Phi) is 3.68. The van der Waals surface area contributed by atoms with E-state index in [2.05, 4.69) is 4.84 Å². The van der Waals surface area contributed by atoms with E-state index in [-0.39, 0.29) is 23.8 Å². The first-order valence-corrected chi connectivity index (χ1v) is 6.56. The molecule has 0 N–H and O–H groups in total. The van der Waals surface area contributed by atoms with E-state index < -0.39 is 48.5 Å². The van der Waals surface area contributed by atoms with Gasteiger partial charge in [-0.2, -0.15) is 0 Å². The van der Waals surface area contributed by atoms with Crippen LogP contribution in [-0.2, 0) is 28.8 Å². The van der Waals surface area contributed by atoms with Gasteiger partial charge in [0.25, 0.3) is 11.8 Å². The summed E-state index contributed by atoms with van der Waals surface area (Å²) in [5, 5.41) is 0.227. The van der Waals surface area contributed by atoms with Crippen molar-refractivity contribution in [3.8, 4) is 0 Å². The van der Waals surface area contributed by atoms with Crippen molar-refractivity contribution in [2.24, 2.45) is 11.8 Å². The molecule has 0 aromatic carbocycles. The molecule has 2 aliphatic rings. The Labute approximate surface area is 122 Å². The van der Waals surface area contributed by atoms with E-state index >= 15 is 0 Å². The van der Waals surface area contributed by atoms with E-state index in [4.69, 9.17) is 1.37 Å². The summed E-state index contributed by atoms with van der Waals surface area (Å²) >= 11 is 0. The molecular weight excluding hydrogens is 280 g/mol. The summed E-state index contributed by atoms with van der Waals surface area (Å²) in [5.41, 5.74) is 0. The van der Waals surface area contributed by atoms with Crippen LogP contribution in [0.2, 0.25) is 0 Å². The van der Waals surface area contributed by atoms with Gasteiger partial charge in [-0.05, 0) is 5.92 Å². The summed E-state index contributed by atoms with van der Waals surface area (Å²) in [6.45, 7) is 2.95. The predicted molar refractivity (Wildman–Crippen MR) is 66.8 cm³/mol. The first-order valence-electron chi connectivity index (χ1n) is 7.14. The first-order chi connectivity index (χ1) is 10.2. The third-order valence-corrected chi connectivity index (χ3v) is 3.44. The van der Waals surface area contributed by atoms with E-state index in [1.807, 2.05) is 0 Å².